The number of carbonyl (C=O) groups excluding carboxylic acids is 1. The predicted octanol–water partition coefficient (Wildman–Crippen LogP) is 6.78. The van der Waals surface area contributed by atoms with E-state index < -0.39 is 32.7 Å². The summed E-state index contributed by atoms with van der Waals surface area (Å²) in [6, 6.07) is 4.03. The molecule has 2 aliphatic heterocycles. The van der Waals surface area contributed by atoms with E-state index in [9.17, 15) is 27.2 Å². The molecular weight excluding hydrogens is 680 g/mol. The van der Waals surface area contributed by atoms with E-state index in [4.69, 9.17) is 5.11 Å². The molecule has 272 valence electrons. The van der Waals surface area contributed by atoms with Crippen LogP contribution in [0.25, 0.3) is 22.0 Å². The Balaban J connectivity index is 1.32. The van der Waals surface area contributed by atoms with Gasteiger partial charge in [-0.05, 0) is 42.5 Å². The minimum Gasteiger partial charge on any atom is -0.481 e. The Morgan fingerprint density at radius 2 is 1.67 bits per heavy atom. The molecule has 5 heterocycles. The van der Waals surface area contributed by atoms with Gasteiger partial charge in [0.2, 0.25) is 0 Å². The lowest BCUT2D eigenvalue weighted by Crippen LogP contribution is -2.32. The number of pyridine rings is 2. The van der Waals surface area contributed by atoms with Crippen LogP contribution in [0, 0.1) is 11.6 Å². The molecule has 51 heavy (non-hydrogen) atoms. The number of unbranched alkanes of at least 4 members (excludes halogenated alkanes) is 8. The number of rotatable bonds is 14. The quantitative estimate of drug-likeness (QED) is 0.136. The summed E-state index contributed by atoms with van der Waals surface area (Å²) in [5.41, 5.74) is 2.74. The summed E-state index contributed by atoms with van der Waals surface area (Å²) in [4.78, 5) is 48.5. The van der Waals surface area contributed by atoms with Gasteiger partial charge in [-0.2, -0.15) is 0 Å². The molecule has 0 bridgehead atoms. The van der Waals surface area contributed by atoms with Crippen molar-refractivity contribution in [2.45, 2.75) is 82.4 Å². The van der Waals surface area contributed by atoms with E-state index in [0.29, 0.717) is 51.8 Å². The summed E-state index contributed by atoms with van der Waals surface area (Å²) in [5, 5.41) is 8.38. The molecule has 0 saturated carbocycles. The molecule has 4 aromatic rings. The van der Waals surface area contributed by atoms with Gasteiger partial charge in [-0.1, -0.05) is 44.9 Å². The SMILES string of the molecule is Cn1cc2c3c(c[nH]c3c1=O)CN(c1ncc(F)cc1F)c1cc3c(cc1-2)C(S(C)(=O)=O)CCN(CCCCCCCCCCCC(=O)O)C3=O. The molecule has 11 nitrogen and oxygen atoms in total. The van der Waals surface area contributed by atoms with Gasteiger partial charge in [0, 0.05) is 73.4 Å². The number of aliphatic carboxylic acids is 1. The van der Waals surface area contributed by atoms with E-state index in [2.05, 4.69) is 9.97 Å². The second-order valence-electron chi connectivity index (χ2n) is 13.7. The highest BCUT2D eigenvalue weighted by Gasteiger charge is 2.37. The van der Waals surface area contributed by atoms with E-state index in [1.54, 1.807) is 41.4 Å². The maximum atomic E-state index is 15.5. The fourth-order valence-corrected chi connectivity index (χ4v) is 8.67. The van der Waals surface area contributed by atoms with Crippen molar-refractivity contribution in [1.29, 1.82) is 0 Å². The summed E-state index contributed by atoms with van der Waals surface area (Å²) in [6.45, 7) is 0.735. The number of carboxylic acid groups (broad SMARTS) is 1. The third-order valence-electron chi connectivity index (χ3n) is 10.1. The Labute approximate surface area is 295 Å². The second-order valence-corrected chi connectivity index (χ2v) is 16.0. The number of H-pyrrole nitrogens is 1. The van der Waals surface area contributed by atoms with Crippen LogP contribution in [-0.2, 0) is 28.2 Å². The zero-order chi connectivity index (χ0) is 36.4. The van der Waals surface area contributed by atoms with Crippen LogP contribution in [0.4, 0.5) is 20.3 Å². The van der Waals surface area contributed by atoms with E-state index in [1.807, 2.05) is 0 Å². The van der Waals surface area contributed by atoms with Crippen molar-refractivity contribution in [2.24, 2.45) is 7.05 Å². The lowest BCUT2D eigenvalue weighted by molar-refractivity contribution is -0.137. The van der Waals surface area contributed by atoms with Crippen LogP contribution in [-0.4, -0.2) is 64.2 Å². The molecule has 0 spiro atoms. The van der Waals surface area contributed by atoms with Crippen LogP contribution < -0.4 is 10.5 Å². The third kappa shape index (κ3) is 7.56. The summed E-state index contributed by atoms with van der Waals surface area (Å²) in [6.07, 6.45) is 14.3. The smallest absolute Gasteiger partial charge is 0.303 e. The van der Waals surface area contributed by atoms with Crippen LogP contribution in [0.15, 0.2) is 41.6 Å². The van der Waals surface area contributed by atoms with Crippen molar-refractivity contribution in [3.63, 3.8) is 0 Å². The maximum Gasteiger partial charge on any atom is 0.303 e. The lowest BCUT2D eigenvalue weighted by atomic mass is 9.93. The van der Waals surface area contributed by atoms with Crippen LogP contribution in [0.3, 0.4) is 0 Å². The molecule has 1 amide bonds. The average molecular weight is 724 g/mol. The molecular formula is C37H43F2N5O6S. The molecule has 0 fully saturated rings. The molecule has 1 aromatic carbocycles. The predicted molar refractivity (Wildman–Crippen MR) is 191 cm³/mol. The van der Waals surface area contributed by atoms with Gasteiger partial charge in [0.15, 0.2) is 21.5 Å². The Morgan fingerprint density at radius 3 is 2.33 bits per heavy atom. The normalized spacial score (nSPS) is 15.8. The van der Waals surface area contributed by atoms with Gasteiger partial charge < -0.3 is 24.5 Å². The van der Waals surface area contributed by atoms with Crippen molar-refractivity contribution in [3.05, 3.63) is 75.5 Å². The molecule has 0 saturated heterocycles. The molecule has 1 unspecified atom stereocenters. The standard InChI is InChI=1S/C37H43F2N5O6S/c1-42-22-28-25-17-26-27(18-30(25)44(35-29(39)16-24(38)20-41-35)21-23-19-40-34(33(23)28)37(42)48)36(47)43(15-13-31(26)51(2,49)50)14-11-9-7-5-3-4-6-8-10-12-32(45)46/h16-20,22,31,40H,3-15,21H2,1-2H3,(H,45,46). The first-order chi connectivity index (χ1) is 24.3. The van der Waals surface area contributed by atoms with Gasteiger partial charge in [0.1, 0.15) is 11.3 Å². The molecule has 0 aliphatic carbocycles. The topological polar surface area (TPSA) is 146 Å². The monoisotopic (exact) mass is 723 g/mol. The first-order valence-electron chi connectivity index (χ1n) is 17.5. The number of sulfone groups is 1. The number of hydrogen-bond acceptors (Lipinski definition) is 7. The van der Waals surface area contributed by atoms with Crippen LogP contribution in [0.2, 0.25) is 0 Å². The van der Waals surface area contributed by atoms with Crippen LogP contribution in [0.1, 0.15) is 97.4 Å². The number of carbonyl (C=O) groups is 2. The molecule has 14 heteroatoms. The molecule has 2 N–H and O–H groups in total. The summed E-state index contributed by atoms with van der Waals surface area (Å²) >= 11 is 0. The number of aromatic nitrogens is 3. The fourth-order valence-electron chi connectivity index (χ4n) is 7.48. The molecule has 1 atom stereocenters. The number of nitrogens with one attached hydrogen (secondary N) is 1. The number of benzene rings is 1. The van der Waals surface area contributed by atoms with Gasteiger partial charge in [-0.15, -0.1) is 0 Å². The molecule has 6 rings (SSSR count). The first-order valence-corrected chi connectivity index (χ1v) is 19.5. The van der Waals surface area contributed by atoms with Crippen LogP contribution >= 0.6 is 0 Å². The van der Waals surface area contributed by atoms with E-state index >= 15 is 4.39 Å². The number of anilines is 2. The van der Waals surface area contributed by atoms with Gasteiger partial charge in [-0.25, -0.2) is 22.2 Å². The Kier molecular flexibility index (Phi) is 10.6. The van der Waals surface area contributed by atoms with Gasteiger partial charge >= 0.3 is 5.97 Å². The molecule has 2 aliphatic rings. The van der Waals surface area contributed by atoms with Crippen molar-refractivity contribution < 1.29 is 31.9 Å². The lowest BCUT2D eigenvalue weighted by Gasteiger charge is -2.27. The van der Waals surface area contributed by atoms with Crippen molar-refractivity contribution in [2.75, 3.05) is 24.2 Å². The second kappa shape index (κ2) is 14.9. The largest absolute Gasteiger partial charge is 0.481 e. The first kappa shape index (κ1) is 36.2. The number of nitrogens with zero attached hydrogens (tertiary/aromatic N) is 4. The van der Waals surface area contributed by atoms with Crippen molar-refractivity contribution in [3.8, 4) is 11.1 Å². The minimum absolute atomic E-state index is 0.0389. The number of aromatic amines is 1. The Bertz CT molecular complexity index is 2150. The minimum atomic E-state index is -3.68. The molecule has 0 radical (unpaired) electrons. The summed E-state index contributed by atoms with van der Waals surface area (Å²) in [7, 11) is -2.08. The molecule has 3 aromatic heterocycles. The Hall–Kier alpha value is -4.59. The third-order valence-corrected chi connectivity index (χ3v) is 11.6. The average Bonchev–Trinajstić information content (AvgIpc) is 3.37. The number of fused-ring (bicyclic) bond motifs is 3. The van der Waals surface area contributed by atoms with E-state index in [0.717, 1.165) is 69.9 Å². The van der Waals surface area contributed by atoms with Gasteiger partial charge in [-0.3, -0.25) is 14.4 Å². The number of hydrogen-bond donors (Lipinski definition) is 2. The van der Waals surface area contributed by atoms with Crippen molar-refractivity contribution >= 4 is 44.1 Å². The number of halogens is 2. The van der Waals surface area contributed by atoms with Gasteiger partial charge in [0.05, 0.1) is 23.7 Å². The highest BCUT2D eigenvalue weighted by Crippen LogP contribution is 2.47. The zero-order valence-corrected chi connectivity index (χ0v) is 29.7. The maximum absolute atomic E-state index is 15.5. The van der Waals surface area contributed by atoms with E-state index in [-0.39, 0.29) is 48.8 Å². The van der Waals surface area contributed by atoms with Gasteiger partial charge in [0.25, 0.3) is 11.5 Å². The Morgan fingerprint density at radius 1 is 0.980 bits per heavy atom. The highest BCUT2D eigenvalue weighted by atomic mass is 32.2. The number of amides is 1. The zero-order valence-electron chi connectivity index (χ0n) is 28.9. The highest BCUT2D eigenvalue weighted by molar-refractivity contribution is 7.90. The summed E-state index contributed by atoms with van der Waals surface area (Å²) < 4.78 is 57.6. The summed E-state index contributed by atoms with van der Waals surface area (Å²) in [5.74, 6) is -3.01. The fraction of sp³-hybridized carbons (Fsp3) is 0.459. The number of carboxylic acids is 1. The number of aryl methyl sites for hydroxylation is 1. The van der Waals surface area contributed by atoms with E-state index in [1.165, 1.54) is 4.57 Å². The van der Waals surface area contributed by atoms with Crippen LogP contribution in [0.5, 0.6) is 0 Å². The van der Waals surface area contributed by atoms with Crippen molar-refractivity contribution in [1.82, 2.24) is 19.4 Å².